The first-order chi connectivity index (χ1) is 12.9. The molecule has 3 rings (SSSR count). The molecule has 0 heterocycles. The number of hydrogen-bond acceptors (Lipinski definition) is 3. The number of carbonyl (C=O) groups excluding carboxylic acids is 2. The first-order valence-corrected chi connectivity index (χ1v) is 9.33. The van der Waals surface area contributed by atoms with Gasteiger partial charge >= 0.3 is 0 Å². The average molecular weight is 366 g/mol. The number of ether oxygens (including phenoxy) is 1. The van der Waals surface area contributed by atoms with Crippen molar-refractivity contribution in [3.8, 4) is 5.75 Å². The molecule has 2 aromatic carbocycles. The summed E-state index contributed by atoms with van der Waals surface area (Å²) in [5.41, 5.74) is 8.84. The molecule has 0 aliphatic heterocycles. The van der Waals surface area contributed by atoms with E-state index in [4.69, 9.17) is 4.74 Å². The number of rotatable bonds is 6. The Labute approximate surface area is 160 Å². The number of hydrazine groups is 1. The summed E-state index contributed by atoms with van der Waals surface area (Å²) in [6.07, 6.45) is 2.41. The number of amides is 2. The molecule has 1 saturated carbocycles. The van der Waals surface area contributed by atoms with Crippen molar-refractivity contribution in [1.82, 2.24) is 10.9 Å². The largest absolute Gasteiger partial charge is 0.483 e. The zero-order valence-electron chi connectivity index (χ0n) is 16.1. The molecule has 1 fully saturated rings. The molecule has 0 saturated heterocycles. The lowest BCUT2D eigenvalue weighted by Gasteiger charge is -2.18. The van der Waals surface area contributed by atoms with Crippen LogP contribution >= 0.6 is 0 Å². The average Bonchev–Trinajstić information content (AvgIpc) is 3.46. The smallest absolute Gasteiger partial charge is 0.276 e. The van der Waals surface area contributed by atoms with Crippen LogP contribution in [0.4, 0.5) is 0 Å². The van der Waals surface area contributed by atoms with Gasteiger partial charge in [-0.05, 0) is 50.3 Å². The van der Waals surface area contributed by atoms with Crippen molar-refractivity contribution in [1.29, 1.82) is 0 Å². The van der Waals surface area contributed by atoms with E-state index in [1.807, 2.05) is 57.2 Å². The number of hydrogen-bond donors (Lipinski definition) is 2. The molecule has 2 N–H and O–H groups in total. The van der Waals surface area contributed by atoms with Crippen molar-refractivity contribution in [2.45, 2.75) is 45.4 Å². The summed E-state index contributed by atoms with van der Waals surface area (Å²) < 4.78 is 5.58. The molecule has 2 amide bonds. The highest BCUT2D eigenvalue weighted by Gasteiger charge is 2.51. The van der Waals surface area contributed by atoms with Gasteiger partial charge in [-0.25, -0.2) is 0 Å². The summed E-state index contributed by atoms with van der Waals surface area (Å²) in [5.74, 6) is 0.135. The highest BCUT2D eigenvalue weighted by atomic mass is 16.5. The molecule has 1 aliphatic rings. The van der Waals surface area contributed by atoms with E-state index in [0.717, 1.165) is 41.5 Å². The van der Waals surface area contributed by atoms with Gasteiger partial charge in [0.05, 0.1) is 5.41 Å². The van der Waals surface area contributed by atoms with Crippen LogP contribution < -0.4 is 15.6 Å². The molecule has 1 aliphatic carbocycles. The minimum atomic E-state index is -0.528. The second kappa shape index (κ2) is 7.82. The number of carbonyl (C=O) groups is 2. The molecule has 0 radical (unpaired) electrons. The van der Waals surface area contributed by atoms with Gasteiger partial charge < -0.3 is 4.74 Å². The Bertz CT molecular complexity index is 836. The molecule has 0 aromatic heterocycles. The van der Waals surface area contributed by atoms with Gasteiger partial charge in [0, 0.05) is 0 Å². The number of para-hydroxylation sites is 1. The van der Waals surface area contributed by atoms with E-state index in [1.165, 1.54) is 0 Å². The van der Waals surface area contributed by atoms with Crippen LogP contribution in [0, 0.1) is 13.8 Å². The van der Waals surface area contributed by atoms with Crippen LogP contribution in [0.2, 0.25) is 0 Å². The van der Waals surface area contributed by atoms with Crippen LogP contribution in [-0.4, -0.2) is 18.4 Å². The summed E-state index contributed by atoms with van der Waals surface area (Å²) in [5, 5.41) is 0. The Morgan fingerprint density at radius 2 is 1.70 bits per heavy atom. The van der Waals surface area contributed by atoms with Gasteiger partial charge in [0.25, 0.3) is 5.91 Å². The van der Waals surface area contributed by atoms with Gasteiger partial charge in [-0.1, -0.05) is 54.4 Å². The van der Waals surface area contributed by atoms with Crippen LogP contribution in [0.5, 0.6) is 5.75 Å². The lowest BCUT2D eigenvalue weighted by molar-refractivity contribution is -0.131. The van der Waals surface area contributed by atoms with E-state index in [1.54, 1.807) is 0 Å². The highest BCUT2D eigenvalue weighted by molar-refractivity contribution is 5.93. The van der Waals surface area contributed by atoms with Crippen LogP contribution in [0.25, 0.3) is 0 Å². The fourth-order valence-electron chi connectivity index (χ4n) is 3.39. The van der Waals surface area contributed by atoms with Crippen molar-refractivity contribution in [2.24, 2.45) is 0 Å². The second-order valence-electron chi connectivity index (χ2n) is 7.21. The van der Waals surface area contributed by atoms with Crippen molar-refractivity contribution in [3.05, 3.63) is 64.7 Å². The molecule has 0 bridgehead atoms. The maximum atomic E-state index is 12.7. The second-order valence-corrected chi connectivity index (χ2v) is 7.21. The van der Waals surface area contributed by atoms with Gasteiger partial charge in [-0.3, -0.25) is 20.4 Å². The lowest BCUT2D eigenvalue weighted by atomic mass is 9.92. The Balaban J connectivity index is 1.55. The first kappa shape index (κ1) is 19.0. The zero-order chi connectivity index (χ0) is 19.4. The van der Waals surface area contributed by atoms with Gasteiger partial charge in [0.1, 0.15) is 5.75 Å². The van der Waals surface area contributed by atoms with Crippen molar-refractivity contribution < 1.29 is 14.3 Å². The van der Waals surface area contributed by atoms with Crippen LogP contribution in [-0.2, 0) is 21.4 Å². The molecule has 0 unspecified atom stereocenters. The van der Waals surface area contributed by atoms with E-state index >= 15 is 0 Å². The fraction of sp³-hybridized carbons (Fsp3) is 0.364. The Morgan fingerprint density at radius 3 is 2.33 bits per heavy atom. The Morgan fingerprint density at radius 1 is 1.04 bits per heavy atom. The third kappa shape index (κ3) is 4.30. The van der Waals surface area contributed by atoms with E-state index in [2.05, 4.69) is 16.9 Å². The number of aryl methyl sites for hydroxylation is 3. The molecule has 142 valence electrons. The summed E-state index contributed by atoms with van der Waals surface area (Å²) in [6, 6.07) is 13.8. The summed E-state index contributed by atoms with van der Waals surface area (Å²) in [6.45, 7) is 5.94. The third-order valence-corrected chi connectivity index (χ3v) is 4.99. The van der Waals surface area contributed by atoms with E-state index in [9.17, 15) is 9.59 Å². The molecule has 5 nitrogen and oxygen atoms in total. The normalized spacial score (nSPS) is 14.3. The SMILES string of the molecule is CCc1ccccc1OCC(=O)NNC(=O)C1(c2cc(C)cc(C)c2)CC1. The van der Waals surface area contributed by atoms with E-state index in [-0.39, 0.29) is 18.4 Å². The van der Waals surface area contributed by atoms with E-state index in [0.29, 0.717) is 5.75 Å². The maximum Gasteiger partial charge on any atom is 0.276 e. The lowest BCUT2D eigenvalue weighted by Crippen LogP contribution is -2.48. The predicted molar refractivity (Wildman–Crippen MR) is 104 cm³/mol. The zero-order valence-corrected chi connectivity index (χ0v) is 16.1. The first-order valence-electron chi connectivity index (χ1n) is 9.33. The molecule has 2 aromatic rings. The molecule has 0 spiro atoms. The minimum Gasteiger partial charge on any atom is -0.483 e. The van der Waals surface area contributed by atoms with Gasteiger partial charge in [0.15, 0.2) is 6.61 Å². The van der Waals surface area contributed by atoms with Gasteiger partial charge in [-0.2, -0.15) is 0 Å². The van der Waals surface area contributed by atoms with Crippen LogP contribution in [0.15, 0.2) is 42.5 Å². The van der Waals surface area contributed by atoms with Gasteiger partial charge in [-0.15, -0.1) is 0 Å². The molecule has 27 heavy (non-hydrogen) atoms. The van der Waals surface area contributed by atoms with Crippen molar-refractivity contribution in [3.63, 3.8) is 0 Å². The summed E-state index contributed by atoms with van der Waals surface area (Å²) in [7, 11) is 0. The van der Waals surface area contributed by atoms with Crippen LogP contribution in [0.3, 0.4) is 0 Å². The Kier molecular flexibility index (Phi) is 5.49. The highest BCUT2D eigenvalue weighted by Crippen LogP contribution is 2.48. The Hall–Kier alpha value is -2.82. The predicted octanol–water partition coefficient (Wildman–Crippen LogP) is 3.12. The van der Waals surface area contributed by atoms with Gasteiger partial charge in [0.2, 0.25) is 5.91 Å². The van der Waals surface area contributed by atoms with Crippen molar-refractivity contribution >= 4 is 11.8 Å². The molecule has 0 atom stereocenters. The monoisotopic (exact) mass is 366 g/mol. The number of nitrogens with one attached hydrogen (secondary N) is 2. The van der Waals surface area contributed by atoms with Crippen LogP contribution in [0.1, 0.15) is 42.0 Å². The molecular weight excluding hydrogens is 340 g/mol. The summed E-state index contributed by atoms with van der Waals surface area (Å²) in [4.78, 5) is 24.7. The van der Waals surface area contributed by atoms with E-state index < -0.39 is 5.41 Å². The summed E-state index contributed by atoms with van der Waals surface area (Å²) >= 11 is 0. The topological polar surface area (TPSA) is 67.4 Å². The molecular formula is C22H26N2O3. The standard InChI is InChI=1S/C22H26N2O3/c1-4-17-7-5-6-8-19(17)27-14-20(25)23-24-21(26)22(9-10-22)18-12-15(2)11-16(3)13-18/h5-8,11-13H,4,9-10,14H2,1-3H3,(H,23,25)(H,24,26). The molecule has 5 heteroatoms. The minimum absolute atomic E-state index is 0.145. The van der Waals surface area contributed by atoms with Crippen molar-refractivity contribution in [2.75, 3.05) is 6.61 Å². The quantitative estimate of drug-likeness (QED) is 0.772. The fourth-order valence-corrected chi connectivity index (χ4v) is 3.39. The maximum absolute atomic E-state index is 12.7. The number of benzene rings is 2. The third-order valence-electron chi connectivity index (χ3n) is 4.99.